The highest BCUT2D eigenvalue weighted by Crippen LogP contribution is 2.42. The Morgan fingerprint density at radius 3 is 2.25 bits per heavy atom. The van der Waals surface area contributed by atoms with Gasteiger partial charge in [-0.05, 0) is 88.1 Å². The van der Waals surface area contributed by atoms with E-state index in [1.807, 2.05) is 31.3 Å². The summed E-state index contributed by atoms with van der Waals surface area (Å²) >= 11 is 0. The fourth-order valence-corrected chi connectivity index (χ4v) is 8.84. The third-order valence-corrected chi connectivity index (χ3v) is 12.0. The van der Waals surface area contributed by atoms with Gasteiger partial charge in [0.1, 0.15) is 30.0 Å². The Kier molecular flexibility index (Phi) is 13.0. The lowest BCUT2D eigenvalue weighted by Gasteiger charge is -2.46. The van der Waals surface area contributed by atoms with Crippen molar-refractivity contribution in [3.63, 3.8) is 0 Å². The number of hydrogen-bond acceptors (Lipinski definition) is 14. The number of alkyl halides is 3. The molecule has 0 spiro atoms. The van der Waals surface area contributed by atoms with E-state index >= 15 is 0 Å². The highest BCUT2D eigenvalue weighted by atomic mass is 19.4. The number of hydrogen-bond donors (Lipinski definition) is 4. The summed E-state index contributed by atoms with van der Waals surface area (Å²) in [6.45, 7) is 6.25. The predicted octanol–water partition coefficient (Wildman–Crippen LogP) is 6.88. The number of fused-ring (bicyclic) bond motifs is 8. The second kappa shape index (κ2) is 19.4. The molecule has 0 radical (unpaired) electrons. The number of amides is 4. The maximum Gasteiger partial charge on any atom is 0.416 e. The second-order valence-electron chi connectivity index (χ2n) is 16.8. The molecular formula is C47H48F3N13O5. The third-order valence-electron chi connectivity index (χ3n) is 12.0. The van der Waals surface area contributed by atoms with E-state index < -0.39 is 30.5 Å². The first-order valence-electron chi connectivity index (χ1n) is 22.2. The smallest absolute Gasteiger partial charge is 0.416 e. The highest BCUT2D eigenvalue weighted by Gasteiger charge is 2.41. The maximum atomic E-state index is 13.6. The molecule has 9 heterocycles. The Balaban J connectivity index is 0.000000177. The molecule has 6 aromatic rings. The van der Waals surface area contributed by atoms with E-state index in [0.717, 1.165) is 74.4 Å². The number of benzene rings is 1. The van der Waals surface area contributed by atoms with Crippen molar-refractivity contribution >= 4 is 46.6 Å². The molecule has 0 aliphatic carbocycles. The average Bonchev–Trinajstić information content (AvgIpc) is 3.34. The summed E-state index contributed by atoms with van der Waals surface area (Å²) in [5, 5.41) is 24.1. The Morgan fingerprint density at radius 1 is 0.794 bits per heavy atom. The number of aromatic nitrogens is 7. The molecule has 21 heteroatoms. The standard InChI is InChI=1S/C26H27F3N6O4.C21H21N7O/c1-15-22-24(33-23(31-15)16-4-2-5-17(10-16)26(27,28)29)35(18-6-3-9-34(22)12-18)25(38)32-21-8-7-20(11-30-21)39-14-19(37)13-36;1-14-10-15(6-8-23-14)19-24-12-18-20(26-19)28(17-5-3-9-27(18)13-17)21(29)25-16-4-2-7-22-11-16/h2,4-5,7-8,10-11,18-19,36-37H,3,6,9,12-14H2,1H3,(H,30,32,38);2,4,6-8,10-12,17H,3,5,9,13H2,1H3,(H,25,29)/t18-,19+;17-/m00/s1. The number of ether oxygens (including phenoxy) is 1. The number of aliphatic hydroxyl groups is 2. The van der Waals surface area contributed by atoms with Crippen molar-refractivity contribution in [2.24, 2.45) is 0 Å². The molecular weight excluding hydrogens is 884 g/mol. The van der Waals surface area contributed by atoms with Crippen molar-refractivity contribution in [3.8, 4) is 28.5 Å². The SMILES string of the molecule is Cc1cc(-c2ncc3c(n2)N(C(=O)Nc2cccnc2)[C@H]2CCCN3C2)ccn1.Cc1nc(-c2cccc(C(F)(F)F)c2)nc2c1N1CCC[C@@H](C1)N2C(=O)Nc1ccc(OC[C@H](O)CO)cn1. The summed E-state index contributed by atoms with van der Waals surface area (Å²) in [6, 6.07) is 14.6. The Labute approximate surface area is 388 Å². The molecule has 2 fully saturated rings. The van der Waals surface area contributed by atoms with E-state index in [9.17, 15) is 27.9 Å². The van der Waals surface area contributed by atoms with Crippen LogP contribution in [0, 0.1) is 13.8 Å². The molecule has 1 aromatic carbocycles. The average molecular weight is 932 g/mol. The van der Waals surface area contributed by atoms with E-state index in [2.05, 4.69) is 50.3 Å². The van der Waals surface area contributed by atoms with Crippen LogP contribution in [0.25, 0.3) is 22.8 Å². The summed E-state index contributed by atoms with van der Waals surface area (Å²) in [7, 11) is 0. The number of aliphatic hydroxyl groups excluding tert-OH is 2. The van der Waals surface area contributed by atoms with Crippen LogP contribution in [0.5, 0.6) is 5.75 Å². The van der Waals surface area contributed by atoms with Crippen molar-refractivity contribution in [1.29, 1.82) is 0 Å². The molecule has 2 saturated heterocycles. The molecule has 4 aliphatic rings. The van der Waals surface area contributed by atoms with Gasteiger partial charge in [0.25, 0.3) is 0 Å². The van der Waals surface area contributed by atoms with Crippen molar-refractivity contribution in [2.75, 3.05) is 69.6 Å². The van der Waals surface area contributed by atoms with Gasteiger partial charge in [0, 0.05) is 55.4 Å². The molecule has 4 bridgehead atoms. The maximum absolute atomic E-state index is 13.6. The van der Waals surface area contributed by atoms with E-state index in [1.165, 1.54) is 24.4 Å². The molecule has 352 valence electrons. The molecule has 4 N–H and O–H groups in total. The van der Waals surface area contributed by atoms with E-state index in [1.54, 1.807) is 47.4 Å². The van der Waals surface area contributed by atoms with Crippen LogP contribution in [0.3, 0.4) is 0 Å². The minimum Gasteiger partial charge on any atom is -0.489 e. The molecule has 3 atom stereocenters. The van der Waals surface area contributed by atoms with Gasteiger partial charge < -0.3 is 30.1 Å². The van der Waals surface area contributed by atoms with Crippen LogP contribution in [0.4, 0.5) is 57.3 Å². The number of carbonyl (C=O) groups excluding carboxylic acids is 2. The van der Waals surface area contributed by atoms with E-state index in [4.69, 9.17) is 14.8 Å². The normalized spacial score (nSPS) is 17.5. The van der Waals surface area contributed by atoms with Crippen LogP contribution >= 0.6 is 0 Å². The number of halogens is 3. The number of pyridine rings is 3. The second-order valence-corrected chi connectivity index (χ2v) is 16.8. The molecule has 0 saturated carbocycles. The lowest BCUT2D eigenvalue weighted by molar-refractivity contribution is -0.137. The summed E-state index contributed by atoms with van der Waals surface area (Å²) in [5.41, 5.74) is 3.98. The predicted molar refractivity (Wildman–Crippen MR) is 248 cm³/mol. The minimum absolute atomic E-state index is 0.0786. The first kappa shape index (κ1) is 45.6. The third kappa shape index (κ3) is 9.79. The molecule has 4 amide bonds. The van der Waals surface area contributed by atoms with Gasteiger partial charge in [-0.1, -0.05) is 12.1 Å². The summed E-state index contributed by atoms with van der Waals surface area (Å²) < 4.78 is 45.4. The monoisotopic (exact) mass is 931 g/mol. The quantitative estimate of drug-likeness (QED) is 0.123. The lowest BCUT2D eigenvalue weighted by atomic mass is 9.99. The minimum atomic E-state index is -4.51. The van der Waals surface area contributed by atoms with E-state index in [-0.39, 0.29) is 41.9 Å². The fraction of sp³-hybridized carbons (Fsp3) is 0.340. The van der Waals surface area contributed by atoms with Gasteiger partial charge in [-0.25, -0.2) is 34.5 Å². The van der Waals surface area contributed by atoms with Crippen LogP contribution in [-0.4, -0.2) is 115 Å². The van der Waals surface area contributed by atoms with Crippen LogP contribution in [0.2, 0.25) is 0 Å². The zero-order chi connectivity index (χ0) is 47.5. The lowest BCUT2D eigenvalue weighted by Crippen LogP contribution is -2.56. The van der Waals surface area contributed by atoms with Crippen LogP contribution in [-0.2, 0) is 6.18 Å². The van der Waals surface area contributed by atoms with Gasteiger partial charge in [-0.2, -0.15) is 13.2 Å². The van der Waals surface area contributed by atoms with Crippen molar-refractivity contribution in [3.05, 3.63) is 109 Å². The van der Waals surface area contributed by atoms with Crippen LogP contribution < -0.4 is 35.0 Å². The van der Waals surface area contributed by atoms with Gasteiger partial charge in [0.2, 0.25) is 0 Å². The van der Waals surface area contributed by atoms with Crippen molar-refractivity contribution in [1.82, 2.24) is 34.9 Å². The Morgan fingerprint density at radius 2 is 1.53 bits per heavy atom. The molecule has 0 unspecified atom stereocenters. The number of nitrogens with one attached hydrogen (secondary N) is 2. The molecule has 10 rings (SSSR count). The topological polar surface area (TPSA) is 211 Å². The van der Waals surface area contributed by atoms with Crippen LogP contribution in [0.1, 0.15) is 42.6 Å². The molecule has 4 aliphatic heterocycles. The number of carbonyl (C=O) groups is 2. The number of nitrogens with zero attached hydrogens (tertiary/aromatic N) is 11. The number of urea groups is 2. The van der Waals surface area contributed by atoms with Crippen molar-refractivity contribution in [2.45, 2.75) is 63.9 Å². The summed E-state index contributed by atoms with van der Waals surface area (Å²) in [4.78, 5) is 65.6. The van der Waals surface area contributed by atoms with E-state index in [0.29, 0.717) is 46.8 Å². The molecule has 18 nitrogen and oxygen atoms in total. The van der Waals surface area contributed by atoms with Gasteiger partial charge in [0.15, 0.2) is 23.3 Å². The van der Waals surface area contributed by atoms with Crippen LogP contribution in [0.15, 0.2) is 91.6 Å². The van der Waals surface area contributed by atoms with Gasteiger partial charge in [-0.3, -0.25) is 25.1 Å². The highest BCUT2D eigenvalue weighted by molar-refractivity contribution is 6.05. The largest absolute Gasteiger partial charge is 0.489 e. The number of aryl methyl sites for hydroxylation is 2. The van der Waals surface area contributed by atoms with Gasteiger partial charge in [0.05, 0.1) is 59.9 Å². The molecule has 5 aromatic heterocycles. The Hall–Kier alpha value is -7.52. The first-order chi connectivity index (χ1) is 32.8. The summed E-state index contributed by atoms with van der Waals surface area (Å²) in [5.74, 6) is 2.28. The first-order valence-corrected chi connectivity index (χ1v) is 22.2. The van der Waals surface area contributed by atoms with Crippen molar-refractivity contribution < 1.29 is 37.7 Å². The number of rotatable bonds is 8. The number of anilines is 6. The van der Waals surface area contributed by atoms with Gasteiger partial charge >= 0.3 is 18.2 Å². The Bertz CT molecular complexity index is 2790. The van der Waals surface area contributed by atoms with Gasteiger partial charge in [-0.15, -0.1) is 0 Å². The zero-order valence-corrected chi connectivity index (χ0v) is 37.1. The fourth-order valence-electron chi connectivity index (χ4n) is 8.84. The summed E-state index contributed by atoms with van der Waals surface area (Å²) in [6.07, 6.45) is 6.32. The number of piperidine rings is 2. The molecule has 68 heavy (non-hydrogen) atoms. The zero-order valence-electron chi connectivity index (χ0n) is 37.1.